The summed E-state index contributed by atoms with van der Waals surface area (Å²) >= 11 is 0. The molecule has 7 nitrogen and oxygen atoms in total. The Hall–Kier alpha value is -1.51. The maximum atomic E-state index is 12.7. The molecule has 1 aromatic rings. The van der Waals surface area contributed by atoms with Gasteiger partial charge in [-0.15, -0.1) is 0 Å². The monoisotopic (exact) mass is 312 g/mol. The van der Waals surface area contributed by atoms with Gasteiger partial charge < -0.3 is 10.8 Å². The minimum Gasteiger partial charge on any atom is -0.391 e. The van der Waals surface area contributed by atoms with Crippen molar-refractivity contribution >= 4 is 15.9 Å². The molecule has 0 aromatic carbocycles. The van der Waals surface area contributed by atoms with Crippen LogP contribution in [0, 0.1) is 6.42 Å². The quantitative estimate of drug-likeness (QED) is 0.793. The number of primary amides is 1. The first-order valence-electron chi connectivity index (χ1n) is 6.61. The van der Waals surface area contributed by atoms with Gasteiger partial charge in [0.05, 0.1) is 6.10 Å². The molecule has 0 saturated carbocycles. The Morgan fingerprint density at radius 1 is 1.48 bits per heavy atom. The van der Waals surface area contributed by atoms with E-state index in [1.54, 1.807) is 19.1 Å². The van der Waals surface area contributed by atoms with Crippen molar-refractivity contribution in [1.29, 1.82) is 0 Å². The number of hydrogen-bond acceptors (Lipinski definition) is 5. The molecule has 0 bridgehead atoms. The van der Waals surface area contributed by atoms with E-state index in [1.165, 1.54) is 18.7 Å². The second-order valence-corrected chi connectivity index (χ2v) is 6.79. The van der Waals surface area contributed by atoms with E-state index in [2.05, 4.69) is 4.98 Å². The van der Waals surface area contributed by atoms with Crippen molar-refractivity contribution in [2.24, 2.45) is 5.73 Å². The van der Waals surface area contributed by atoms with Crippen molar-refractivity contribution in [3.05, 3.63) is 30.8 Å². The van der Waals surface area contributed by atoms with E-state index in [0.29, 0.717) is 12.8 Å². The molecular weight excluding hydrogens is 294 g/mol. The van der Waals surface area contributed by atoms with E-state index in [0.717, 1.165) is 4.31 Å². The van der Waals surface area contributed by atoms with E-state index in [4.69, 9.17) is 5.73 Å². The molecule has 1 aromatic heterocycles. The van der Waals surface area contributed by atoms with Crippen molar-refractivity contribution in [2.75, 3.05) is 0 Å². The van der Waals surface area contributed by atoms with Crippen molar-refractivity contribution in [3.8, 4) is 0 Å². The molecule has 115 valence electrons. The highest BCUT2D eigenvalue weighted by atomic mass is 32.2. The number of rotatable bonds is 3. The Morgan fingerprint density at radius 3 is 2.76 bits per heavy atom. The summed E-state index contributed by atoms with van der Waals surface area (Å²) in [7, 11) is -4.02. The normalized spacial score (nSPS) is 28.0. The lowest BCUT2D eigenvalue weighted by molar-refractivity contribution is -0.124. The Bertz CT molecular complexity index is 605. The highest BCUT2D eigenvalue weighted by molar-refractivity contribution is 7.89. The third-order valence-corrected chi connectivity index (χ3v) is 5.41. The van der Waals surface area contributed by atoms with Gasteiger partial charge in [-0.25, -0.2) is 13.4 Å². The summed E-state index contributed by atoms with van der Waals surface area (Å²) < 4.78 is 26.5. The van der Waals surface area contributed by atoms with E-state index < -0.39 is 34.1 Å². The van der Waals surface area contributed by atoms with Crippen molar-refractivity contribution in [1.82, 2.24) is 9.29 Å². The zero-order valence-corrected chi connectivity index (χ0v) is 12.4. The molecule has 2 rings (SSSR count). The highest BCUT2D eigenvalue weighted by Crippen LogP contribution is 2.27. The zero-order chi connectivity index (χ0) is 15.6. The Morgan fingerprint density at radius 2 is 2.19 bits per heavy atom. The highest BCUT2D eigenvalue weighted by Gasteiger charge is 2.44. The van der Waals surface area contributed by atoms with Crippen LogP contribution in [0.5, 0.6) is 0 Å². The topological polar surface area (TPSA) is 114 Å². The minimum atomic E-state index is -4.02. The number of aliphatic hydroxyl groups is 1. The third-order valence-electron chi connectivity index (χ3n) is 3.50. The van der Waals surface area contributed by atoms with Gasteiger partial charge in [0.15, 0.2) is 5.03 Å². The summed E-state index contributed by atoms with van der Waals surface area (Å²) in [6, 6.07) is 2.70. The lowest BCUT2D eigenvalue weighted by atomic mass is 10.1. The molecule has 1 fully saturated rings. The smallest absolute Gasteiger partial charge is 0.261 e. The van der Waals surface area contributed by atoms with Crippen LogP contribution in [-0.2, 0) is 14.8 Å². The predicted octanol–water partition coefficient (Wildman–Crippen LogP) is -0.326. The molecule has 1 radical (unpaired) electrons. The molecule has 1 amide bonds. The molecule has 1 unspecified atom stereocenters. The number of carbonyl (C=O) groups excluding carboxylic acids is 1. The van der Waals surface area contributed by atoms with Gasteiger partial charge in [-0.2, -0.15) is 4.31 Å². The second kappa shape index (κ2) is 6.08. The average molecular weight is 312 g/mol. The number of sulfonamides is 1. The molecule has 21 heavy (non-hydrogen) atoms. The summed E-state index contributed by atoms with van der Waals surface area (Å²) in [5, 5.41) is 9.87. The summed E-state index contributed by atoms with van der Waals surface area (Å²) in [5.74, 6) is -0.882. The molecule has 3 atom stereocenters. The minimum absolute atomic E-state index is 0.169. The Balaban J connectivity index is 2.52. The van der Waals surface area contributed by atoms with E-state index in [-0.39, 0.29) is 5.03 Å². The molecule has 3 N–H and O–H groups in total. The van der Waals surface area contributed by atoms with E-state index >= 15 is 0 Å². The average Bonchev–Trinajstić information content (AvgIpc) is 2.59. The van der Waals surface area contributed by atoms with Gasteiger partial charge in [0.1, 0.15) is 6.04 Å². The molecule has 0 aliphatic carbocycles. The number of amides is 1. The Kier molecular flexibility index (Phi) is 4.60. The summed E-state index contributed by atoms with van der Waals surface area (Å²) in [6.45, 7) is 1.68. The number of nitrogens with two attached hydrogens (primary N) is 1. The summed E-state index contributed by atoms with van der Waals surface area (Å²) in [6.07, 6.45) is 2.63. The fourth-order valence-corrected chi connectivity index (χ4v) is 4.24. The maximum Gasteiger partial charge on any atom is 0.261 e. The number of pyridine rings is 1. The molecule has 2 heterocycles. The molecular formula is C13H18N3O4S. The van der Waals surface area contributed by atoms with Gasteiger partial charge in [-0.3, -0.25) is 4.79 Å². The first-order valence-corrected chi connectivity index (χ1v) is 8.05. The first kappa shape index (κ1) is 15.9. The number of carbonyl (C=O) groups is 1. The van der Waals surface area contributed by atoms with Gasteiger partial charge in [-0.1, -0.05) is 6.07 Å². The fourth-order valence-electron chi connectivity index (χ4n) is 2.48. The summed E-state index contributed by atoms with van der Waals surface area (Å²) in [4.78, 5) is 15.5. The zero-order valence-electron chi connectivity index (χ0n) is 11.6. The van der Waals surface area contributed by atoms with Crippen LogP contribution >= 0.6 is 0 Å². The van der Waals surface area contributed by atoms with Crippen LogP contribution in [-0.4, -0.2) is 46.9 Å². The van der Waals surface area contributed by atoms with Crippen LogP contribution in [0.4, 0.5) is 0 Å². The van der Waals surface area contributed by atoms with Crippen LogP contribution in [0.2, 0.25) is 0 Å². The molecule has 1 aliphatic rings. The van der Waals surface area contributed by atoms with Gasteiger partial charge in [0.25, 0.3) is 10.0 Å². The fraction of sp³-hybridized carbons (Fsp3) is 0.462. The van der Waals surface area contributed by atoms with Crippen molar-refractivity contribution in [3.63, 3.8) is 0 Å². The molecule has 8 heteroatoms. The van der Waals surface area contributed by atoms with Gasteiger partial charge >= 0.3 is 0 Å². The predicted molar refractivity (Wildman–Crippen MR) is 75.2 cm³/mol. The number of hydrogen-bond donors (Lipinski definition) is 2. The van der Waals surface area contributed by atoms with E-state index in [1.807, 2.05) is 0 Å². The van der Waals surface area contributed by atoms with Crippen LogP contribution in [0.15, 0.2) is 29.4 Å². The van der Waals surface area contributed by atoms with Crippen LogP contribution in [0.3, 0.4) is 0 Å². The molecule has 1 saturated heterocycles. The Labute approximate surface area is 123 Å². The number of aromatic nitrogens is 1. The standard InChI is InChI=1S/C13H18N3O4S/c1-9-5-4-6-10(17)12(13(14)18)16(9)21(19,20)11-7-2-3-8-15-11/h2-3,6-10,12,17H,4-5H2,1H3,(H2,14,18)/t9-,10+,12?/m1/s1. The SMILES string of the molecule is C[C@@H]1CC[CH][C@H](O)C(C(N)=O)N1S(=O)(=O)c1ccccn1. The van der Waals surface area contributed by atoms with Gasteiger partial charge in [-0.05, 0) is 38.3 Å². The number of nitrogens with zero attached hydrogens (tertiary/aromatic N) is 2. The van der Waals surface area contributed by atoms with Crippen LogP contribution in [0.25, 0.3) is 0 Å². The maximum absolute atomic E-state index is 12.7. The number of aliphatic hydroxyl groups excluding tert-OH is 1. The van der Waals surface area contributed by atoms with Crippen LogP contribution in [0.1, 0.15) is 19.8 Å². The largest absolute Gasteiger partial charge is 0.391 e. The lowest BCUT2D eigenvalue weighted by Gasteiger charge is -2.32. The third kappa shape index (κ3) is 3.07. The van der Waals surface area contributed by atoms with Gasteiger partial charge in [0.2, 0.25) is 5.91 Å². The lowest BCUT2D eigenvalue weighted by Crippen LogP contribution is -2.56. The molecule has 0 spiro atoms. The van der Waals surface area contributed by atoms with Crippen molar-refractivity contribution < 1.29 is 18.3 Å². The van der Waals surface area contributed by atoms with Crippen LogP contribution < -0.4 is 5.73 Å². The second-order valence-electron chi connectivity index (χ2n) is 5.00. The van der Waals surface area contributed by atoms with Crippen molar-refractivity contribution in [2.45, 2.75) is 43.0 Å². The molecule has 1 aliphatic heterocycles. The summed E-state index contributed by atoms with van der Waals surface area (Å²) in [5.41, 5.74) is 5.31. The van der Waals surface area contributed by atoms with Gasteiger partial charge in [0, 0.05) is 12.2 Å². The van der Waals surface area contributed by atoms with E-state index in [9.17, 15) is 18.3 Å². The first-order chi connectivity index (χ1) is 9.85.